The average Bonchev–Trinajstić information content (AvgIpc) is 2.99. The Labute approximate surface area is 122 Å². The SMILES string of the molecule is CCCCc1ccc(OC2CC(O)C23CCCC3)cc1. The van der Waals surface area contributed by atoms with Crippen molar-refractivity contribution in [3.05, 3.63) is 29.8 Å². The van der Waals surface area contributed by atoms with Crippen LogP contribution in [0.2, 0.25) is 0 Å². The lowest BCUT2D eigenvalue weighted by Crippen LogP contribution is -2.58. The molecule has 2 fully saturated rings. The van der Waals surface area contributed by atoms with Crippen LogP contribution in [0.4, 0.5) is 0 Å². The molecule has 2 aliphatic carbocycles. The highest BCUT2D eigenvalue weighted by Gasteiger charge is 2.57. The lowest BCUT2D eigenvalue weighted by atomic mass is 9.62. The monoisotopic (exact) mass is 274 g/mol. The summed E-state index contributed by atoms with van der Waals surface area (Å²) in [6, 6.07) is 8.56. The highest BCUT2D eigenvalue weighted by atomic mass is 16.5. The van der Waals surface area contributed by atoms with E-state index in [4.69, 9.17) is 4.74 Å². The smallest absolute Gasteiger partial charge is 0.119 e. The van der Waals surface area contributed by atoms with Crippen LogP contribution in [0.3, 0.4) is 0 Å². The van der Waals surface area contributed by atoms with Crippen molar-refractivity contribution in [3.63, 3.8) is 0 Å². The van der Waals surface area contributed by atoms with Gasteiger partial charge in [-0.25, -0.2) is 0 Å². The molecule has 0 radical (unpaired) electrons. The number of hydrogen-bond acceptors (Lipinski definition) is 2. The minimum Gasteiger partial charge on any atom is -0.490 e. The van der Waals surface area contributed by atoms with Crippen LogP contribution < -0.4 is 4.74 Å². The van der Waals surface area contributed by atoms with E-state index in [9.17, 15) is 5.11 Å². The van der Waals surface area contributed by atoms with Gasteiger partial charge < -0.3 is 9.84 Å². The molecule has 0 aromatic heterocycles. The highest BCUT2D eigenvalue weighted by molar-refractivity contribution is 5.28. The number of unbranched alkanes of at least 4 members (excludes halogenated alkanes) is 1. The van der Waals surface area contributed by atoms with Crippen molar-refractivity contribution < 1.29 is 9.84 Å². The second-order valence-electron chi connectivity index (χ2n) is 6.55. The number of benzene rings is 1. The van der Waals surface area contributed by atoms with Crippen LogP contribution in [-0.2, 0) is 6.42 Å². The molecule has 2 saturated carbocycles. The van der Waals surface area contributed by atoms with Gasteiger partial charge in [0.1, 0.15) is 11.9 Å². The summed E-state index contributed by atoms with van der Waals surface area (Å²) >= 11 is 0. The van der Waals surface area contributed by atoms with Crippen molar-refractivity contribution in [2.24, 2.45) is 5.41 Å². The number of hydrogen-bond donors (Lipinski definition) is 1. The van der Waals surface area contributed by atoms with E-state index in [2.05, 4.69) is 31.2 Å². The maximum atomic E-state index is 10.1. The van der Waals surface area contributed by atoms with E-state index in [1.54, 1.807) is 0 Å². The van der Waals surface area contributed by atoms with Crippen LogP contribution in [0.15, 0.2) is 24.3 Å². The Morgan fingerprint density at radius 1 is 1.20 bits per heavy atom. The zero-order valence-electron chi connectivity index (χ0n) is 12.5. The Morgan fingerprint density at radius 3 is 2.50 bits per heavy atom. The summed E-state index contributed by atoms with van der Waals surface area (Å²) in [4.78, 5) is 0. The molecule has 2 aliphatic rings. The van der Waals surface area contributed by atoms with Gasteiger partial charge >= 0.3 is 0 Å². The largest absolute Gasteiger partial charge is 0.490 e. The molecule has 0 heterocycles. The van der Waals surface area contributed by atoms with Gasteiger partial charge in [-0.3, -0.25) is 0 Å². The predicted octanol–water partition coefficient (Wildman–Crippen LogP) is 4.10. The van der Waals surface area contributed by atoms with Crippen LogP contribution >= 0.6 is 0 Å². The minimum atomic E-state index is -0.140. The Morgan fingerprint density at radius 2 is 1.90 bits per heavy atom. The summed E-state index contributed by atoms with van der Waals surface area (Å²) in [6.45, 7) is 2.22. The number of rotatable bonds is 5. The number of aliphatic hydroxyl groups is 1. The fourth-order valence-corrected chi connectivity index (χ4v) is 3.86. The predicted molar refractivity (Wildman–Crippen MR) is 81.0 cm³/mol. The van der Waals surface area contributed by atoms with Crippen molar-refractivity contribution in [1.82, 2.24) is 0 Å². The van der Waals surface area contributed by atoms with Crippen molar-refractivity contribution in [1.29, 1.82) is 0 Å². The zero-order chi connectivity index (χ0) is 14.0. The molecule has 0 amide bonds. The van der Waals surface area contributed by atoms with E-state index in [-0.39, 0.29) is 17.6 Å². The van der Waals surface area contributed by atoms with Crippen molar-refractivity contribution in [3.8, 4) is 5.75 Å². The van der Waals surface area contributed by atoms with Gasteiger partial charge in [-0.2, -0.15) is 0 Å². The first kappa shape index (κ1) is 13.9. The van der Waals surface area contributed by atoms with E-state index in [0.29, 0.717) is 0 Å². The summed E-state index contributed by atoms with van der Waals surface area (Å²) in [5.41, 5.74) is 1.46. The molecular formula is C18H26O2. The summed E-state index contributed by atoms with van der Waals surface area (Å²) in [6.07, 6.45) is 9.28. The van der Waals surface area contributed by atoms with Crippen molar-refractivity contribution >= 4 is 0 Å². The first-order valence-electron chi connectivity index (χ1n) is 8.18. The zero-order valence-corrected chi connectivity index (χ0v) is 12.5. The third-order valence-electron chi connectivity index (χ3n) is 5.30. The van der Waals surface area contributed by atoms with Gasteiger partial charge in [0, 0.05) is 11.8 Å². The van der Waals surface area contributed by atoms with Crippen LogP contribution in [0, 0.1) is 5.41 Å². The first-order chi connectivity index (χ1) is 9.74. The van der Waals surface area contributed by atoms with Gasteiger partial charge in [-0.1, -0.05) is 38.3 Å². The maximum Gasteiger partial charge on any atom is 0.119 e. The van der Waals surface area contributed by atoms with E-state index in [1.165, 1.54) is 31.2 Å². The summed E-state index contributed by atoms with van der Waals surface area (Å²) in [5, 5.41) is 10.1. The van der Waals surface area contributed by atoms with E-state index < -0.39 is 0 Å². The van der Waals surface area contributed by atoms with Gasteiger partial charge in [-0.05, 0) is 43.4 Å². The summed E-state index contributed by atoms with van der Waals surface area (Å²) < 4.78 is 6.16. The van der Waals surface area contributed by atoms with E-state index >= 15 is 0 Å². The van der Waals surface area contributed by atoms with E-state index in [0.717, 1.165) is 31.4 Å². The molecular weight excluding hydrogens is 248 g/mol. The van der Waals surface area contributed by atoms with Crippen molar-refractivity contribution in [2.45, 2.75) is 70.5 Å². The van der Waals surface area contributed by atoms with Crippen LogP contribution in [0.25, 0.3) is 0 Å². The Bertz CT molecular complexity index is 431. The topological polar surface area (TPSA) is 29.5 Å². The second kappa shape index (κ2) is 5.77. The molecule has 2 heteroatoms. The second-order valence-corrected chi connectivity index (χ2v) is 6.55. The molecule has 2 atom stereocenters. The fraction of sp³-hybridized carbons (Fsp3) is 0.667. The molecule has 3 rings (SSSR count). The quantitative estimate of drug-likeness (QED) is 0.876. The molecule has 110 valence electrons. The molecule has 1 N–H and O–H groups in total. The summed E-state index contributed by atoms with van der Waals surface area (Å²) in [7, 11) is 0. The third-order valence-corrected chi connectivity index (χ3v) is 5.30. The third kappa shape index (κ3) is 2.46. The molecule has 0 bridgehead atoms. The molecule has 1 aromatic carbocycles. The Hall–Kier alpha value is -1.02. The molecule has 1 aromatic rings. The fourth-order valence-electron chi connectivity index (χ4n) is 3.86. The highest BCUT2D eigenvalue weighted by Crippen LogP contribution is 2.54. The lowest BCUT2D eigenvalue weighted by Gasteiger charge is -2.51. The van der Waals surface area contributed by atoms with Gasteiger partial charge in [0.2, 0.25) is 0 Å². The molecule has 2 unspecified atom stereocenters. The lowest BCUT2D eigenvalue weighted by molar-refractivity contribution is -0.151. The van der Waals surface area contributed by atoms with Gasteiger partial charge in [0.25, 0.3) is 0 Å². The number of aryl methyl sites for hydroxylation is 1. The van der Waals surface area contributed by atoms with E-state index in [1.807, 2.05) is 0 Å². The van der Waals surface area contributed by atoms with Crippen LogP contribution in [-0.4, -0.2) is 17.3 Å². The number of ether oxygens (including phenoxy) is 1. The molecule has 0 aliphatic heterocycles. The van der Waals surface area contributed by atoms with Crippen molar-refractivity contribution in [2.75, 3.05) is 0 Å². The van der Waals surface area contributed by atoms with Gasteiger partial charge in [-0.15, -0.1) is 0 Å². The minimum absolute atomic E-state index is 0.0703. The molecule has 2 nitrogen and oxygen atoms in total. The standard InChI is InChI=1S/C18H26O2/c1-2-3-6-14-7-9-15(10-8-14)20-17-13-16(19)18(17)11-4-5-12-18/h7-10,16-17,19H,2-6,11-13H2,1H3. The summed E-state index contributed by atoms with van der Waals surface area (Å²) in [5.74, 6) is 0.966. The normalized spacial score (nSPS) is 27.5. The first-order valence-corrected chi connectivity index (χ1v) is 8.18. The molecule has 1 spiro atoms. The molecule has 0 saturated heterocycles. The van der Waals surface area contributed by atoms with Crippen LogP contribution in [0.5, 0.6) is 5.75 Å². The molecule has 20 heavy (non-hydrogen) atoms. The van der Waals surface area contributed by atoms with Gasteiger partial charge in [0.15, 0.2) is 0 Å². The number of aliphatic hydroxyl groups excluding tert-OH is 1. The average molecular weight is 274 g/mol. The van der Waals surface area contributed by atoms with Crippen LogP contribution in [0.1, 0.15) is 57.4 Å². The Balaban J connectivity index is 1.60. The Kier molecular flexibility index (Phi) is 4.02. The van der Waals surface area contributed by atoms with Gasteiger partial charge in [0.05, 0.1) is 6.10 Å². The maximum absolute atomic E-state index is 10.1.